The van der Waals surface area contributed by atoms with E-state index in [1.54, 1.807) is 24.3 Å². The van der Waals surface area contributed by atoms with Crippen molar-refractivity contribution in [3.05, 3.63) is 135 Å². The fraction of sp³-hybridized carbons (Fsp3) is 0.317. The fourth-order valence-electron chi connectivity index (χ4n) is 6.15. The Balaban J connectivity index is 1.43. The van der Waals surface area contributed by atoms with Crippen LogP contribution < -0.4 is 5.43 Å². The molecule has 0 spiro atoms. The van der Waals surface area contributed by atoms with E-state index in [4.69, 9.17) is 15.7 Å². The number of alkyl halides is 3. The number of amides is 1. The Bertz CT molecular complexity index is 2520. The number of piperidine rings is 1. The molecule has 0 bridgehead atoms. The molecule has 1 fully saturated rings. The maximum absolute atomic E-state index is 15.0. The number of ether oxygens (including phenoxy) is 1. The predicted molar refractivity (Wildman–Crippen MR) is 198 cm³/mol. The van der Waals surface area contributed by atoms with Gasteiger partial charge in [-0.25, -0.2) is 8.78 Å². The third kappa shape index (κ3) is 9.17. The van der Waals surface area contributed by atoms with Crippen molar-refractivity contribution < 1.29 is 42.4 Å². The summed E-state index contributed by atoms with van der Waals surface area (Å²) in [6.45, 7) is -0.730. The molecule has 0 atom stereocenters. The van der Waals surface area contributed by atoms with Gasteiger partial charge in [0.25, 0.3) is 0 Å². The molecule has 4 aromatic carbocycles. The van der Waals surface area contributed by atoms with Crippen molar-refractivity contribution in [2.24, 2.45) is 0 Å². The molecule has 1 amide bonds. The van der Waals surface area contributed by atoms with Crippen LogP contribution in [0, 0.1) is 18.6 Å². The Labute approximate surface area is 320 Å². The Morgan fingerprint density at radius 2 is 1.68 bits per heavy atom. The van der Waals surface area contributed by atoms with E-state index < -0.39 is 105 Å². The Morgan fingerprint density at radius 1 is 1.00 bits per heavy atom. The Kier molecular flexibility index (Phi) is 9.09. The van der Waals surface area contributed by atoms with Gasteiger partial charge in [-0.15, -0.1) is 11.8 Å². The minimum atomic E-state index is -4.51. The topological polar surface area (TPSA) is 54.8 Å². The molecule has 0 aliphatic carbocycles. The van der Waals surface area contributed by atoms with E-state index >= 15 is 4.39 Å². The number of hydrogen-bond acceptors (Lipinski definition) is 5. The van der Waals surface area contributed by atoms with E-state index in [9.17, 15) is 27.2 Å². The van der Waals surface area contributed by atoms with Crippen LogP contribution in [0.25, 0.3) is 22.0 Å². The summed E-state index contributed by atoms with van der Waals surface area (Å²) in [7, 11) is 1.25. The molecule has 0 unspecified atom stereocenters. The number of benzene rings is 4. The van der Waals surface area contributed by atoms with Gasteiger partial charge in [-0.3, -0.25) is 9.59 Å². The molecule has 5 aromatic rings. The number of thioether (sulfide) groups is 1. The van der Waals surface area contributed by atoms with Gasteiger partial charge in [-0.1, -0.05) is 60.1 Å². The summed E-state index contributed by atoms with van der Waals surface area (Å²) in [5, 5.41) is -0.989. The van der Waals surface area contributed by atoms with Crippen LogP contribution in [0.2, 0.25) is 0 Å². The highest BCUT2D eigenvalue weighted by Crippen LogP contribution is 2.32. The normalized spacial score (nSPS) is 16.9. The lowest BCUT2D eigenvalue weighted by molar-refractivity contribution is -0.137. The van der Waals surface area contributed by atoms with E-state index in [0.717, 1.165) is 34.9 Å². The van der Waals surface area contributed by atoms with Crippen molar-refractivity contribution in [3.63, 3.8) is 0 Å². The lowest BCUT2D eigenvalue weighted by atomic mass is 10.00. The first-order valence-corrected chi connectivity index (χ1v) is 17.5. The quantitative estimate of drug-likeness (QED) is 0.0942. The van der Waals surface area contributed by atoms with Gasteiger partial charge in [0.15, 0.2) is 17.1 Å². The van der Waals surface area contributed by atoms with Gasteiger partial charge in [0.1, 0.15) is 6.54 Å². The van der Waals surface area contributed by atoms with Gasteiger partial charge < -0.3 is 19.1 Å². The zero-order valence-electron chi connectivity index (χ0n) is 36.7. The summed E-state index contributed by atoms with van der Waals surface area (Å²) >= 11 is 0.140. The van der Waals surface area contributed by atoms with E-state index in [1.807, 2.05) is 4.90 Å². The second kappa shape index (κ2) is 16.7. The maximum atomic E-state index is 15.0. The average molecular weight is 758 g/mol. The Morgan fingerprint density at radius 3 is 2.34 bits per heavy atom. The van der Waals surface area contributed by atoms with Crippen LogP contribution in [0.15, 0.2) is 101 Å². The maximum Gasteiger partial charge on any atom is 0.416 e. The zero-order valence-corrected chi connectivity index (χ0v) is 29.6. The third-order valence-corrected chi connectivity index (χ3v) is 9.82. The molecule has 0 N–H and O–H groups in total. The summed E-state index contributed by atoms with van der Waals surface area (Å²) in [6.07, 6.45) is -3.81. The monoisotopic (exact) mass is 757 g/mol. The number of halogens is 5. The standard InChI is InChI=1S/C41H40F5N3O3S/c1-27-6-15-36-34(22-27)37(50)23-39(53-26-31-4-3-5-35(42)40(31)43)49(36)25-38(51)48(33-16-18-47(19-17-33)20-21-52-2)24-28-7-9-29(10-8-28)30-11-13-32(14-12-30)41(44,45)46/h3-15,22-23,33H,16-21,24-26H2,1-2H3/i6D,15D,21D2,22D,23D,26D2. The predicted octanol–water partition coefficient (Wildman–Crippen LogP) is 8.71. The van der Waals surface area contributed by atoms with Crippen molar-refractivity contribution in [1.29, 1.82) is 0 Å². The molecular formula is C41H40F5N3O3S. The third-order valence-electron chi connectivity index (χ3n) is 8.99. The summed E-state index contributed by atoms with van der Waals surface area (Å²) in [4.78, 5) is 32.0. The first-order chi connectivity index (χ1) is 28.5. The van der Waals surface area contributed by atoms with Crippen LogP contribution in [-0.4, -0.2) is 59.6 Å². The van der Waals surface area contributed by atoms with Gasteiger partial charge >= 0.3 is 6.18 Å². The van der Waals surface area contributed by atoms with Crippen molar-refractivity contribution in [3.8, 4) is 11.1 Å². The first-order valence-electron chi connectivity index (χ1n) is 20.6. The van der Waals surface area contributed by atoms with Crippen molar-refractivity contribution in [1.82, 2.24) is 14.4 Å². The summed E-state index contributed by atoms with van der Waals surface area (Å²) in [5.74, 6) is -3.52. The smallest absolute Gasteiger partial charge is 0.383 e. The average Bonchev–Trinajstić information content (AvgIpc) is 3.22. The number of fused-ring (bicyclic) bond motifs is 1. The molecule has 1 aliphatic rings. The van der Waals surface area contributed by atoms with E-state index in [-0.39, 0.29) is 30.4 Å². The van der Waals surface area contributed by atoms with Crippen LogP contribution in [0.3, 0.4) is 0 Å². The lowest BCUT2D eigenvalue weighted by Crippen LogP contribution is -2.48. The van der Waals surface area contributed by atoms with Crippen LogP contribution in [0.5, 0.6) is 0 Å². The number of hydrogen-bond donors (Lipinski definition) is 0. The van der Waals surface area contributed by atoms with Gasteiger partial charge in [0.2, 0.25) is 5.91 Å². The molecule has 53 heavy (non-hydrogen) atoms. The summed E-state index contributed by atoms with van der Waals surface area (Å²) in [6, 6.07) is 11.4. The molecule has 0 radical (unpaired) electrons. The van der Waals surface area contributed by atoms with E-state index in [1.165, 1.54) is 31.1 Å². The molecule has 278 valence electrons. The minimum absolute atomic E-state index is 0.0421. The lowest BCUT2D eigenvalue weighted by Gasteiger charge is -2.39. The molecule has 2 heterocycles. The summed E-state index contributed by atoms with van der Waals surface area (Å²) in [5.41, 5.74) is -4.25. The van der Waals surface area contributed by atoms with Crippen LogP contribution in [-0.2, 0) is 34.5 Å². The second-order valence-corrected chi connectivity index (χ2v) is 13.3. The van der Waals surface area contributed by atoms with Gasteiger partial charge in [-0.2, -0.15) is 13.2 Å². The minimum Gasteiger partial charge on any atom is -0.383 e. The molecule has 1 aliphatic heterocycles. The number of likely N-dealkylation sites (tertiary alicyclic amines) is 1. The second-order valence-electron chi connectivity index (χ2n) is 12.5. The Hall–Kier alpha value is -4.52. The molecule has 1 aromatic heterocycles. The molecule has 0 saturated carbocycles. The zero-order chi connectivity index (χ0) is 44.8. The number of nitrogens with zero attached hydrogens (tertiary/aromatic N) is 3. The van der Waals surface area contributed by atoms with E-state index in [2.05, 4.69) is 0 Å². The van der Waals surface area contributed by atoms with E-state index in [0.29, 0.717) is 42.6 Å². The molecule has 6 rings (SSSR count). The molecular weight excluding hydrogens is 710 g/mol. The SMILES string of the molecule is [2H]c1c(C)c([2H])c2c(=O)c([2H])c(SC([2H])([2H])c3cccc(F)c3F)n(CC(=O)N(Cc3ccc(-c4ccc(C(F)(F)F)cc4)cc3)C3CCN(CC([2H])([2H])OC)CC3)c2c1[2H]. The number of carbonyl (C=O) groups excluding carboxylic acids is 1. The molecule has 6 nitrogen and oxygen atoms in total. The molecule has 1 saturated heterocycles. The number of aromatic nitrogens is 1. The number of methoxy groups -OCH3 is 1. The van der Waals surface area contributed by atoms with Crippen molar-refractivity contribution in [2.75, 3.05) is 33.3 Å². The van der Waals surface area contributed by atoms with Crippen LogP contribution in [0.4, 0.5) is 22.0 Å². The van der Waals surface area contributed by atoms with Crippen LogP contribution in [0.1, 0.15) is 46.1 Å². The van der Waals surface area contributed by atoms with Gasteiger partial charge in [-0.05, 0) is 66.7 Å². The number of carbonyl (C=O) groups is 1. The highest BCUT2D eigenvalue weighted by atomic mass is 32.2. The van der Waals surface area contributed by atoms with Gasteiger partial charge in [0, 0.05) is 64.8 Å². The van der Waals surface area contributed by atoms with Crippen LogP contribution >= 0.6 is 11.8 Å². The number of rotatable bonds is 12. The molecule has 12 heteroatoms. The fourth-order valence-corrected chi connectivity index (χ4v) is 6.92. The first kappa shape index (κ1) is 28.9. The number of pyridine rings is 1. The van der Waals surface area contributed by atoms with Crippen molar-refractivity contribution in [2.45, 2.75) is 55.8 Å². The van der Waals surface area contributed by atoms with Gasteiger partial charge in [0.05, 0.1) is 30.9 Å². The summed E-state index contributed by atoms with van der Waals surface area (Å²) < 4.78 is 144. The highest BCUT2D eigenvalue weighted by Gasteiger charge is 2.31. The largest absolute Gasteiger partial charge is 0.416 e. The van der Waals surface area contributed by atoms with Crippen molar-refractivity contribution >= 4 is 28.6 Å². The highest BCUT2D eigenvalue weighted by molar-refractivity contribution is 7.98.